The van der Waals surface area contributed by atoms with Crippen molar-refractivity contribution in [2.45, 2.75) is 19.0 Å². The van der Waals surface area contributed by atoms with Crippen LogP contribution in [0.2, 0.25) is 0 Å². The third-order valence-electron chi connectivity index (χ3n) is 3.21. The second-order valence-corrected chi connectivity index (χ2v) is 4.82. The maximum absolute atomic E-state index is 11.3. The molecule has 1 heterocycles. The first-order valence-corrected chi connectivity index (χ1v) is 6.56. The van der Waals surface area contributed by atoms with Crippen LogP contribution in [0.3, 0.4) is 0 Å². The van der Waals surface area contributed by atoms with E-state index in [1.54, 1.807) is 7.11 Å². The highest BCUT2D eigenvalue weighted by Crippen LogP contribution is 2.30. The minimum atomic E-state index is -0.150. The van der Waals surface area contributed by atoms with Gasteiger partial charge in [-0.05, 0) is 24.6 Å². The molecular weight excluding hydrogens is 260 g/mol. The number of hydrogen-bond acceptors (Lipinski definition) is 5. The summed E-state index contributed by atoms with van der Waals surface area (Å²) in [6.07, 6.45) is 0. The molecule has 6 heteroatoms. The lowest BCUT2D eigenvalue weighted by Gasteiger charge is -2.23. The number of aliphatic hydroxyl groups excluding tert-OH is 1. The molecule has 0 saturated carbocycles. The predicted octanol–water partition coefficient (Wildman–Crippen LogP) is 0.675. The quantitative estimate of drug-likeness (QED) is 0.714. The highest BCUT2D eigenvalue weighted by molar-refractivity contribution is 5.95. The number of ether oxygens (including phenoxy) is 2. The minimum absolute atomic E-state index is 0.00294. The van der Waals surface area contributed by atoms with E-state index in [1.807, 2.05) is 25.1 Å². The van der Waals surface area contributed by atoms with Crippen LogP contribution in [0.4, 0.5) is 5.69 Å². The van der Waals surface area contributed by atoms with Crippen LogP contribution in [0.5, 0.6) is 5.75 Å². The van der Waals surface area contributed by atoms with E-state index in [-0.39, 0.29) is 31.2 Å². The molecule has 1 aromatic carbocycles. The molecule has 2 atom stereocenters. The summed E-state index contributed by atoms with van der Waals surface area (Å²) < 4.78 is 10.4. The van der Waals surface area contributed by atoms with Gasteiger partial charge in [-0.15, -0.1) is 0 Å². The van der Waals surface area contributed by atoms with Crippen LogP contribution in [0, 0.1) is 0 Å². The molecule has 1 amide bonds. The van der Waals surface area contributed by atoms with Crippen LogP contribution in [0.25, 0.3) is 0 Å². The van der Waals surface area contributed by atoms with Gasteiger partial charge < -0.3 is 25.2 Å². The lowest BCUT2D eigenvalue weighted by molar-refractivity contribution is -0.118. The van der Waals surface area contributed by atoms with Crippen molar-refractivity contribution < 1.29 is 19.4 Å². The zero-order valence-corrected chi connectivity index (χ0v) is 11.7. The van der Waals surface area contributed by atoms with E-state index in [2.05, 4.69) is 10.6 Å². The van der Waals surface area contributed by atoms with E-state index in [1.165, 1.54) is 0 Å². The molecule has 0 aromatic heterocycles. The lowest BCUT2D eigenvalue weighted by atomic mass is 10.1. The molecule has 6 nitrogen and oxygen atoms in total. The Labute approximate surface area is 118 Å². The van der Waals surface area contributed by atoms with Crippen LogP contribution < -0.4 is 15.4 Å². The molecule has 3 N–H and O–H groups in total. The van der Waals surface area contributed by atoms with Crippen molar-refractivity contribution in [3.8, 4) is 5.75 Å². The molecule has 0 spiro atoms. The number of anilines is 1. The topological polar surface area (TPSA) is 79.8 Å². The maximum Gasteiger partial charge on any atom is 0.262 e. The Hall–Kier alpha value is -1.63. The van der Waals surface area contributed by atoms with Crippen LogP contribution in [0.15, 0.2) is 18.2 Å². The summed E-state index contributed by atoms with van der Waals surface area (Å²) in [6.45, 7) is 2.49. The van der Waals surface area contributed by atoms with E-state index < -0.39 is 0 Å². The van der Waals surface area contributed by atoms with Gasteiger partial charge in [-0.25, -0.2) is 0 Å². The molecule has 0 saturated heterocycles. The van der Waals surface area contributed by atoms with Gasteiger partial charge in [0.25, 0.3) is 5.91 Å². The van der Waals surface area contributed by atoms with Crippen LogP contribution in [-0.2, 0) is 9.53 Å². The van der Waals surface area contributed by atoms with E-state index in [0.717, 1.165) is 5.56 Å². The van der Waals surface area contributed by atoms with Crippen molar-refractivity contribution in [1.29, 1.82) is 0 Å². The fourth-order valence-electron chi connectivity index (χ4n) is 2.17. The van der Waals surface area contributed by atoms with Gasteiger partial charge in [0.2, 0.25) is 0 Å². The van der Waals surface area contributed by atoms with Gasteiger partial charge in [0.05, 0.1) is 24.9 Å². The summed E-state index contributed by atoms with van der Waals surface area (Å²) in [4.78, 5) is 11.3. The second kappa shape index (κ2) is 6.69. The van der Waals surface area contributed by atoms with E-state index in [0.29, 0.717) is 18.0 Å². The number of fused-ring (bicyclic) bond motifs is 1. The molecule has 1 aromatic rings. The largest absolute Gasteiger partial charge is 0.482 e. The number of benzene rings is 1. The number of carbonyl (C=O) groups excluding carboxylic acids is 1. The van der Waals surface area contributed by atoms with Gasteiger partial charge in [0, 0.05) is 13.2 Å². The first-order valence-electron chi connectivity index (χ1n) is 6.56. The monoisotopic (exact) mass is 280 g/mol. The van der Waals surface area contributed by atoms with Gasteiger partial charge in [-0.3, -0.25) is 4.79 Å². The van der Waals surface area contributed by atoms with Crippen molar-refractivity contribution in [2.75, 3.05) is 32.2 Å². The Morgan fingerprint density at radius 2 is 2.35 bits per heavy atom. The number of amides is 1. The number of rotatable bonds is 6. The minimum Gasteiger partial charge on any atom is -0.482 e. The molecule has 20 heavy (non-hydrogen) atoms. The Morgan fingerprint density at radius 3 is 3.05 bits per heavy atom. The predicted molar refractivity (Wildman–Crippen MR) is 74.9 cm³/mol. The lowest BCUT2D eigenvalue weighted by Crippen LogP contribution is -2.38. The van der Waals surface area contributed by atoms with Crippen molar-refractivity contribution in [3.05, 3.63) is 23.8 Å². The Kier molecular flexibility index (Phi) is 4.94. The Morgan fingerprint density at radius 1 is 1.55 bits per heavy atom. The fraction of sp³-hybridized carbons (Fsp3) is 0.500. The molecule has 0 aliphatic carbocycles. The average molecular weight is 280 g/mol. The highest BCUT2D eigenvalue weighted by Gasteiger charge is 2.18. The zero-order chi connectivity index (χ0) is 14.5. The fourth-order valence-corrected chi connectivity index (χ4v) is 2.17. The normalized spacial score (nSPS) is 16.9. The van der Waals surface area contributed by atoms with E-state index in [9.17, 15) is 9.90 Å². The summed E-state index contributed by atoms with van der Waals surface area (Å²) >= 11 is 0. The number of hydrogen-bond donors (Lipinski definition) is 3. The van der Waals surface area contributed by atoms with Crippen LogP contribution in [-0.4, -0.2) is 44.0 Å². The number of nitrogens with one attached hydrogen (secondary N) is 2. The molecule has 1 aliphatic rings. The van der Waals surface area contributed by atoms with Crippen molar-refractivity contribution in [2.24, 2.45) is 0 Å². The maximum atomic E-state index is 11.3. The third-order valence-corrected chi connectivity index (χ3v) is 3.21. The summed E-state index contributed by atoms with van der Waals surface area (Å²) in [6, 6.07) is 5.55. The molecule has 110 valence electrons. The van der Waals surface area contributed by atoms with Crippen molar-refractivity contribution >= 4 is 11.6 Å². The summed E-state index contributed by atoms with van der Waals surface area (Å²) in [5, 5.41) is 15.3. The highest BCUT2D eigenvalue weighted by atomic mass is 16.5. The Balaban J connectivity index is 2.08. The van der Waals surface area contributed by atoms with Gasteiger partial charge in [-0.1, -0.05) is 6.07 Å². The summed E-state index contributed by atoms with van der Waals surface area (Å²) in [5.74, 6) is 0.527. The molecule has 2 unspecified atom stereocenters. The molecule has 1 aliphatic heterocycles. The summed E-state index contributed by atoms with van der Waals surface area (Å²) in [7, 11) is 1.60. The van der Waals surface area contributed by atoms with Crippen LogP contribution in [0.1, 0.15) is 18.5 Å². The van der Waals surface area contributed by atoms with Crippen molar-refractivity contribution in [3.63, 3.8) is 0 Å². The second-order valence-electron chi connectivity index (χ2n) is 4.82. The zero-order valence-electron chi connectivity index (χ0n) is 11.7. The van der Waals surface area contributed by atoms with Gasteiger partial charge >= 0.3 is 0 Å². The van der Waals surface area contributed by atoms with Crippen molar-refractivity contribution in [1.82, 2.24) is 5.32 Å². The molecule has 2 rings (SSSR count). The van der Waals surface area contributed by atoms with Gasteiger partial charge in [-0.2, -0.15) is 0 Å². The number of aliphatic hydroxyl groups is 1. The first-order chi connectivity index (χ1) is 9.63. The van der Waals surface area contributed by atoms with Gasteiger partial charge in [0.15, 0.2) is 6.61 Å². The Bertz CT molecular complexity index is 478. The molecular formula is C14H20N2O4. The standard InChI is InChI=1S/C14H20N2O4/c1-9(15-11(6-17)7-19-2)10-3-4-13-12(5-10)16-14(18)8-20-13/h3-5,9,11,15,17H,6-8H2,1-2H3,(H,16,18). The number of carbonyl (C=O) groups is 1. The molecule has 0 fully saturated rings. The molecule has 0 bridgehead atoms. The van der Waals surface area contributed by atoms with Gasteiger partial charge in [0.1, 0.15) is 5.75 Å². The summed E-state index contributed by atoms with van der Waals surface area (Å²) in [5.41, 5.74) is 1.68. The molecule has 0 radical (unpaired) electrons. The SMILES string of the molecule is COCC(CO)NC(C)c1ccc2c(c1)NC(=O)CO2. The smallest absolute Gasteiger partial charge is 0.262 e. The van der Waals surface area contributed by atoms with Crippen LogP contribution >= 0.6 is 0 Å². The van der Waals surface area contributed by atoms with E-state index in [4.69, 9.17) is 9.47 Å². The third kappa shape index (κ3) is 3.47. The number of methoxy groups -OCH3 is 1. The van der Waals surface area contributed by atoms with E-state index >= 15 is 0 Å². The average Bonchev–Trinajstić information content (AvgIpc) is 2.45. The first kappa shape index (κ1) is 14.8.